The van der Waals surface area contributed by atoms with Gasteiger partial charge in [-0.1, -0.05) is 29.8 Å². The molecule has 0 atom stereocenters. The molecule has 0 fully saturated rings. The number of nitrogens with zero attached hydrogens (tertiary/aromatic N) is 2. The van der Waals surface area contributed by atoms with Gasteiger partial charge in [0.25, 0.3) is 11.5 Å². The van der Waals surface area contributed by atoms with Crippen LogP contribution < -0.4 is 15.6 Å². The van der Waals surface area contributed by atoms with Crippen molar-refractivity contribution in [2.24, 2.45) is 7.05 Å². The van der Waals surface area contributed by atoms with E-state index in [9.17, 15) is 9.59 Å². The van der Waals surface area contributed by atoms with E-state index in [1.807, 2.05) is 12.1 Å². The summed E-state index contributed by atoms with van der Waals surface area (Å²) in [7, 11) is 3.06. The highest BCUT2D eigenvalue weighted by molar-refractivity contribution is 6.31. The molecule has 0 aliphatic rings. The van der Waals surface area contributed by atoms with Crippen LogP contribution in [0.4, 0.5) is 5.69 Å². The van der Waals surface area contributed by atoms with Crippen LogP contribution in [0.3, 0.4) is 0 Å². The maximum absolute atomic E-state index is 12.7. The summed E-state index contributed by atoms with van der Waals surface area (Å²) in [4.78, 5) is 24.3. The van der Waals surface area contributed by atoms with Gasteiger partial charge in [-0.05, 0) is 30.3 Å². The predicted molar refractivity (Wildman–Crippen MR) is 101 cm³/mol. The fourth-order valence-corrected chi connectivity index (χ4v) is 2.68. The van der Waals surface area contributed by atoms with Crippen LogP contribution in [0.5, 0.6) is 5.75 Å². The van der Waals surface area contributed by atoms with Gasteiger partial charge >= 0.3 is 0 Å². The highest BCUT2D eigenvalue weighted by atomic mass is 35.5. The molecule has 0 unspecified atom stereocenters. The van der Waals surface area contributed by atoms with Crippen LogP contribution in [0.25, 0.3) is 11.3 Å². The monoisotopic (exact) mass is 369 g/mol. The molecule has 0 saturated carbocycles. The lowest BCUT2D eigenvalue weighted by molar-refractivity contribution is 0.102. The molecule has 0 aliphatic heterocycles. The van der Waals surface area contributed by atoms with Gasteiger partial charge in [0, 0.05) is 23.7 Å². The van der Waals surface area contributed by atoms with Crippen LogP contribution in [0.15, 0.2) is 59.4 Å². The maximum Gasteiger partial charge on any atom is 0.266 e. The summed E-state index contributed by atoms with van der Waals surface area (Å²) in [6, 6.07) is 15.1. The number of methoxy groups -OCH3 is 1. The molecule has 0 radical (unpaired) electrons. The van der Waals surface area contributed by atoms with Crippen LogP contribution in [0.1, 0.15) is 10.4 Å². The van der Waals surface area contributed by atoms with E-state index < -0.39 is 0 Å². The molecule has 6 nitrogen and oxygen atoms in total. The Morgan fingerprint density at radius 3 is 2.65 bits per heavy atom. The summed E-state index contributed by atoms with van der Waals surface area (Å²) < 4.78 is 6.48. The summed E-state index contributed by atoms with van der Waals surface area (Å²) in [5.41, 5.74) is 1.94. The molecule has 1 aromatic heterocycles. The fraction of sp³-hybridized carbons (Fsp3) is 0.105. The molecule has 1 heterocycles. The second-order valence-corrected chi connectivity index (χ2v) is 5.96. The first-order valence-corrected chi connectivity index (χ1v) is 8.16. The van der Waals surface area contributed by atoms with Gasteiger partial charge in [0.1, 0.15) is 5.75 Å². The standard InChI is InChI=1S/C19H16ClN3O3/c1-23-18(24)10-8-16(22-23)13-5-3-4-6-15(13)21-19(25)14-11-12(20)7-9-17(14)26-2/h3-11H,1-2H3,(H,21,25). The number of anilines is 1. The van der Waals surface area contributed by atoms with E-state index in [0.29, 0.717) is 33.3 Å². The third-order valence-corrected chi connectivity index (χ3v) is 4.05. The molecular formula is C19H16ClN3O3. The third kappa shape index (κ3) is 3.60. The van der Waals surface area contributed by atoms with Crippen LogP contribution in [0, 0.1) is 0 Å². The molecule has 0 aliphatic carbocycles. The van der Waals surface area contributed by atoms with E-state index in [1.165, 1.54) is 17.9 Å². The quantitative estimate of drug-likeness (QED) is 0.765. The van der Waals surface area contributed by atoms with Crippen molar-refractivity contribution < 1.29 is 9.53 Å². The number of carbonyl (C=O) groups excluding carboxylic acids is 1. The molecule has 2 aromatic carbocycles. The third-order valence-electron chi connectivity index (χ3n) is 3.82. The maximum atomic E-state index is 12.7. The van der Waals surface area contributed by atoms with E-state index in [0.717, 1.165) is 0 Å². The molecule has 1 amide bonds. The number of carbonyl (C=O) groups is 1. The number of aryl methyl sites for hydroxylation is 1. The largest absolute Gasteiger partial charge is 0.496 e. The van der Waals surface area contributed by atoms with Crippen molar-refractivity contribution >= 4 is 23.2 Å². The Morgan fingerprint density at radius 1 is 1.15 bits per heavy atom. The van der Waals surface area contributed by atoms with Crippen LogP contribution in [0.2, 0.25) is 5.02 Å². The molecule has 26 heavy (non-hydrogen) atoms. The summed E-state index contributed by atoms with van der Waals surface area (Å²) in [6.07, 6.45) is 0. The second-order valence-electron chi connectivity index (χ2n) is 5.52. The molecule has 132 valence electrons. The van der Waals surface area contributed by atoms with Crippen molar-refractivity contribution in [1.82, 2.24) is 9.78 Å². The van der Waals surface area contributed by atoms with Crippen LogP contribution in [-0.4, -0.2) is 22.8 Å². The zero-order valence-electron chi connectivity index (χ0n) is 14.2. The number of rotatable bonds is 4. The van der Waals surface area contributed by atoms with Crippen LogP contribution >= 0.6 is 11.6 Å². The zero-order valence-corrected chi connectivity index (χ0v) is 14.9. The molecule has 7 heteroatoms. The summed E-state index contributed by atoms with van der Waals surface area (Å²) >= 11 is 6.00. The van der Waals surface area contributed by atoms with Gasteiger partial charge in [-0.25, -0.2) is 4.68 Å². The Kier molecular flexibility index (Phi) is 5.04. The lowest BCUT2D eigenvalue weighted by Gasteiger charge is -2.13. The summed E-state index contributed by atoms with van der Waals surface area (Å²) in [5, 5.41) is 7.53. The van der Waals surface area contributed by atoms with Gasteiger partial charge in [-0.15, -0.1) is 0 Å². The zero-order chi connectivity index (χ0) is 18.7. The average molecular weight is 370 g/mol. The second kappa shape index (κ2) is 7.41. The number of benzene rings is 2. The Bertz CT molecular complexity index is 1030. The fourth-order valence-electron chi connectivity index (χ4n) is 2.51. The Labute approximate surface area is 155 Å². The minimum absolute atomic E-state index is 0.209. The van der Waals surface area contributed by atoms with Crippen molar-refractivity contribution in [3.63, 3.8) is 0 Å². The number of aromatic nitrogens is 2. The first-order valence-electron chi connectivity index (χ1n) is 7.78. The van der Waals surface area contributed by atoms with Crippen molar-refractivity contribution in [3.05, 3.63) is 75.5 Å². The smallest absolute Gasteiger partial charge is 0.266 e. The molecule has 1 N–H and O–H groups in total. The summed E-state index contributed by atoms with van der Waals surface area (Å²) in [5.74, 6) is 0.0613. The van der Waals surface area contributed by atoms with Gasteiger partial charge in [0.15, 0.2) is 0 Å². The lowest BCUT2D eigenvalue weighted by Crippen LogP contribution is -2.19. The van der Waals surface area contributed by atoms with Gasteiger partial charge in [-0.3, -0.25) is 9.59 Å². The topological polar surface area (TPSA) is 73.2 Å². The molecule has 0 spiro atoms. The number of halogens is 1. The number of hydrogen-bond acceptors (Lipinski definition) is 4. The van der Waals surface area contributed by atoms with E-state index in [1.54, 1.807) is 43.4 Å². The van der Waals surface area contributed by atoms with Crippen LogP contribution in [-0.2, 0) is 7.05 Å². The molecule has 0 bridgehead atoms. The Hall–Kier alpha value is -3.12. The predicted octanol–water partition coefficient (Wildman–Crippen LogP) is 3.36. The number of hydrogen-bond donors (Lipinski definition) is 1. The molecule has 0 saturated heterocycles. The van der Waals surface area contributed by atoms with E-state index >= 15 is 0 Å². The minimum Gasteiger partial charge on any atom is -0.496 e. The van der Waals surface area contributed by atoms with E-state index in [2.05, 4.69) is 10.4 Å². The number of amides is 1. The van der Waals surface area contributed by atoms with Crippen molar-refractivity contribution in [2.75, 3.05) is 12.4 Å². The molecular weight excluding hydrogens is 354 g/mol. The van der Waals surface area contributed by atoms with Crippen molar-refractivity contribution in [2.45, 2.75) is 0 Å². The minimum atomic E-state index is -0.360. The SMILES string of the molecule is COc1ccc(Cl)cc1C(=O)Nc1ccccc1-c1ccc(=O)n(C)n1. The van der Waals surface area contributed by atoms with E-state index in [-0.39, 0.29) is 11.5 Å². The van der Waals surface area contributed by atoms with Gasteiger partial charge in [-0.2, -0.15) is 5.10 Å². The first kappa shape index (κ1) is 17.7. The molecule has 3 rings (SSSR count). The first-order chi connectivity index (χ1) is 12.5. The number of para-hydroxylation sites is 1. The number of nitrogens with one attached hydrogen (secondary N) is 1. The van der Waals surface area contributed by atoms with Crippen molar-refractivity contribution in [3.8, 4) is 17.0 Å². The van der Waals surface area contributed by atoms with Gasteiger partial charge in [0.05, 0.1) is 24.1 Å². The normalized spacial score (nSPS) is 10.4. The Balaban J connectivity index is 1.99. The average Bonchev–Trinajstić information content (AvgIpc) is 2.64. The van der Waals surface area contributed by atoms with Gasteiger partial charge in [0.2, 0.25) is 0 Å². The van der Waals surface area contributed by atoms with E-state index in [4.69, 9.17) is 16.3 Å². The number of ether oxygens (including phenoxy) is 1. The summed E-state index contributed by atoms with van der Waals surface area (Å²) in [6.45, 7) is 0. The Morgan fingerprint density at radius 2 is 1.92 bits per heavy atom. The van der Waals surface area contributed by atoms with Crippen molar-refractivity contribution in [1.29, 1.82) is 0 Å². The van der Waals surface area contributed by atoms with Gasteiger partial charge < -0.3 is 10.1 Å². The lowest BCUT2D eigenvalue weighted by atomic mass is 10.1. The molecule has 3 aromatic rings. The highest BCUT2D eigenvalue weighted by Crippen LogP contribution is 2.28. The highest BCUT2D eigenvalue weighted by Gasteiger charge is 2.15.